The van der Waals surface area contributed by atoms with E-state index in [1.54, 1.807) is 0 Å². The van der Waals surface area contributed by atoms with Crippen molar-refractivity contribution in [3.63, 3.8) is 0 Å². The molecule has 0 radical (unpaired) electrons. The Bertz CT molecular complexity index is 1430. The number of Topliss-reactive ketones (excluding diaryl/α,β-unsaturated/α-hetero) is 2. The Morgan fingerprint density at radius 3 is 2.40 bits per heavy atom. The summed E-state index contributed by atoms with van der Waals surface area (Å²) in [7, 11) is 0. The fourth-order valence-corrected chi connectivity index (χ4v) is 6.23. The number of aliphatic hydroxyl groups is 1. The minimum Gasteiger partial charge on any atom is -0.445 e. The van der Waals surface area contributed by atoms with E-state index in [1.165, 1.54) is 0 Å². The highest BCUT2D eigenvalue weighted by Gasteiger charge is 2.31. The van der Waals surface area contributed by atoms with Crippen LogP contribution in [0, 0.1) is 17.8 Å². The van der Waals surface area contributed by atoms with Gasteiger partial charge < -0.3 is 20.5 Å². The predicted octanol–water partition coefficient (Wildman–Crippen LogP) is 5.93. The van der Waals surface area contributed by atoms with Crippen LogP contribution in [0.4, 0.5) is 4.79 Å². The Hall–Kier alpha value is -4.04. The SMILES string of the molecule is CC(C)C[C@H](CC(=O)[C@H](Cc1cccc2ccccc12)NC(=O)OCc1ccccc1)C(=O)N[C@H](CO)C[C@@H]1CCCCC1=O. The van der Waals surface area contributed by atoms with Crippen LogP contribution < -0.4 is 10.6 Å². The third kappa shape index (κ3) is 10.2. The number of fused-ring (bicyclic) bond motifs is 1. The minimum atomic E-state index is -0.921. The van der Waals surface area contributed by atoms with Crippen molar-refractivity contribution in [2.24, 2.45) is 17.8 Å². The van der Waals surface area contributed by atoms with Crippen molar-refractivity contribution in [2.75, 3.05) is 6.61 Å². The number of ketones is 2. The number of carbonyl (C=O) groups is 4. The van der Waals surface area contributed by atoms with Crippen LogP contribution in [0.25, 0.3) is 10.8 Å². The van der Waals surface area contributed by atoms with Crippen molar-refractivity contribution in [1.29, 1.82) is 0 Å². The average Bonchev–Trinajstić information content (AvgIpc) is 3.04. The van der Waals surface area contributed by atoms with Crippen LogP contribution in [-0.4, -0.2) is 47.4 Å². The van der Waals surface area contributed by atoms with Gasteiger partial charge in [-0.05, 0) is 53.5 Å². The van der Waals surface area contributed by atoms with Crippen LogP contribution in [-0.2, 0) is 32.1 Å². The van der Waals surface area contributed by atoms with E-state index in [0.29, 0.717) is 19.3 Å². The number of nitrogens with one attached hydrogen (secondary N) is 2. The largest absolute Gasteiger partial charge is 0.445 e. The molecule has 0 heterocycles. The maximum atomic E-state index is 14.0. The van der Waals surface area contributed by atoms with Gasteiger partial charge in [-0.3, -0.25) is 14.4 Å². The second-order valence-corrected chi connectivity index (χ2v) is 12.6. The fraction of sp³-hybridized carbons (Fsp3) is 0.459. The van der Waals surface area contributed by atoms with Crippen molar-refractivity contribution in [1.82, 2.24) is 10.6 Å². The molecular weight excluding hydrogens is 568 g/mol. The van der Waals surface area contributed by atoms with Crippen molar-refractivity contribution in [3.05, 3.63) is 83.9 Å². The zero-order valence-corrected chi connectivity index (χ0v) is 26.4. The van der Waals surface area contributed by atoms with E-state index in [9.17, 15) is 24.3 Å². The van der Waals surface area contributed by atoms with Crippen molar-refractivity contribution in [2.45, 2.75) is 83.9 Å². The van der Waals surface area contributed by atoms with Gasteiger partial charge in [0.1, 0.15) is 12.4 Å². The lowest BCUT2D eigenvalue weighted by molar-refractivity contribution is -0.132. The van der Waals surface area contributed by atoms with Gasteiger partial charge in [-0.1, -0.05) is 93.1 Å². The van der Waals surface area contributed by atoms with Gasteiger partial charge in [0.2, 0.25) is 5.91 Å². The minimum absolute atomic E-state index is 0.0618. The number of aliphatic hydroxyl groups excluding tert-OH is 1. The van der Waals surface area contributed by atoms with Crippen LogP contribution in [0.15, 0.2) is 72.8 Å². The first-order chi connectivity index (χ1) is 21.7. The number of amides is 2. The molecule has 1 aliphatic carbocycles. The Morgan fingerprint density at radius 2 is 1.67 bits per heavy atom. The Labute approximate surface area is 265 Å². The van der Waals surface area contributed by atoms with Crippen LogP contribution in [0.5, 0.6) is 0 Å². The van der Waals surface area contributed by atoms with E-state index in [-0.39, 0.29) is 55.4 Å². The fourth-order valence-electron chi connectivity index (χ4n) is 6.23. The van der Waals surface area contributed by atoms with Gasteiger partial charge in [0, 0.05) is 31.1 Å². The van der Waals surface area contributed by atoms with Gasteiger partial charge in [-0.25, -0.2) is 4.79 Å². The molecule has 0 aliphatic heterocycles. The quantitative estimate of drug-likeness (QED) is 0.195. The van der Waals surface area contributed by atoms with Crippen molar-refractivity contribution < 1.29 is 29.0 Å². The van der Waals surface area contributed by atoms with Crippen molar-refractivity contribution >= 4 is 34.3 Å². The van der Waals surface area contributed by atoms with E-state index < -0.39 is 24.1 Å². The Morgan fingerprint density at radius 1 is 0.933 bits per heavy atom. The van der Waals surface area contributed by atoms with Crippen LogP contribution in [0.1, 0.15) is 69.9 Å². The average molecular weight is 615 g/mol. The Balaban J connectivity index is 1.50. The monoisotopic (exact) mass is 614 g/mol. The number of benzene rings is 3. The normalized spacial score (nSPS) is 17.0. The third-order valence-electron chi connectivity index (χ3n) is 8.59. The predicted molar refractivity (Wildman–Crippen MR) is 174 cm³/mol. The Kier molecular flexibility index (Phi) is 12.7. The van der Waals surface area contributed by atoms with Gasteiger partial charge in [0.15, 0.2) is 5.78 Å². The summed E-state index contributed by atoms with van der Waals surface area (Å²) in [5.41, 5.74) is 1.73. The molecule has 4 atom stereocenters. The molecule has 0 spiro atoms. The number of rotatable bonds is 15. The molecule has 0 bridgehead atoms. The molecule has 3 N–H and O–H groups in total. The topological polar surface area (TPSA) is 122 Å². The molecule has 8 nitrogen and oxygen atoms in total. The first-order valence-electron chi connectivity index (χ1n) is 16.1. The van der Waals surface area contributed by atoms with Crippen LogP contribution in [0.2, 0.25) is 0 Å². The van der Waals surface area contributed by atoms with Crippen LogP contribution >= 0.6 is 0 Å². The molecule has 0 saturated heterocycles. The highest BCUT2D eigenvalue weighted by atomic mass is 16.5. The molecular formula is C37H46N2O6. The maximum absolute atomic E-state index is 14.0. The van der Waals surface area contributed by atoms with Gasteiger partial charge >= 0.3 is 6.09 Å². The van der Waals surface area contributed by atoms with Gasteiger partial charge in [-0.15, -0.1) is 0 Å². The highest BCUT2D eigenvalue weighted by Crippen LogP contribution is 2.26. The first-order valence-corrected chi connectivity index (χ1v) is 16.1. The van der Waals surface area contributed by atoms with E-state index in [2.05, 4.69) is 10.6 Å². The van der Waals surface area contributed by atoms with Gasteiger partial charge in [-0.2, -0.15) is 0 Å². The van der Waals surface area contributed by atoms with Gasteiger partial charge in [0.25, 0.3) is 0 Å². The van der Waals surface area contributed by atoms with E-state index in [0.717, 1.165) is 41.2 Å². The summed E-state index contributed by atoms with van der Waals surface area (Å²) in [5, 5.41) is 17.8. The molecule has 4 rings (SSSR count). The summed E-state index contributed by atoms with van der Waals surface area (Å²) in [6.45, 7) is 3.76. The smallest absolute Gasteiger partial charge is 0.408 e. The summed E-state index contributed by atoms with van der Waals surface area (Å²) in [5.74, 6) is -1.12. The molecule has 45 heavy (non-hydrogen) atoms. The molecule has 0 aromatic heterocycles. The molecule has 240 valence electrons. The molecule has 3 aromatic rings. The lowest BCUT2D eigenvalue weighted by atomic mass is 9.83. The summed E-state index contributed by atoms with van der Waals surface area (Å²) < 4.78 is 5.46. The number of hydrogen-bond donors (Lipinski definition) is 3. The zero-order valence-electron chi connectivity index (χ0n) is 26.4. The molecule has 8 heteroatoms. The zero-order chi connectivity index (χ0) is 32.2. The van der Waals surface area contributed by atoms with E-state index in [4.69, 9.17) is 4.74 Å². The summed E-state index contributed by atoms with van der Waals surface area (Å²) in [4.78, 5) is 52.9. The molecule has 0 unspecified atom stereocenters. The lowest BCUT2D eigenvalue weighted by Gasteiger charge is -2.27. The van der Waals surface area contributed by atoms with Crippen molar-refractivity contribution in [3.8, 4) is 0 Å². The lowest BCUT2D eigenvalue weighted by Crippen LogP contribution is -2.46. The van der Waals surface area contributed by atoms with Crippen LogP contribution in [0.3, 0.4) is 0 Å². The van der Waals surface area contributed by atoms with E-state index in [1.807, 2.05) is 86.6 Å². The number of carbonyl (C=O) groups excluding carboxylic acids is 4. The number of ether oxygens (including phenoxy) is 1. The summed E-state index contributed by atoms with van der Waals surface area (Å²) in [6, 6.07) is 21.6. The summed E-state index contributed by atoms with van der Waals surface area (Å²) >= 11 is 0. The first kappa shape index (κ1) is 33.8. The van der Waals surface area contributed by atoms with Gasteiger partial charge in [0.05, 0.1) is 18.7 Å². The van der Waals surface area contributed by atoms with E-state index >= 15 is 0 Å². The number of alkyl carbamates (subject to hydrolysis) is 1. The standard InChI is InChI=1S/C37H46N2O6/c1-25(2)19-30(36(43)38-31(23-40)20-29-14-7-9-18-34(29)41)22-35(42)33(39-37(44)45-24-26-11-4-3-5-12-26)21-28-16-10-15-27-13-6-8-17-32(27)28/h3-6,8,10-13,15-17,25,29-31,33,40H,7,9,14,18-24H2,1-2H3,(H,38,43)(H,39,44)/t29-,30+,31-,33-/m0/s1. The molecule has 1 saturated carbocycles. The maximum Gasteiger partial charge on any atom is 0.408 e. The molecule has 1 aliphatic rings. The molecule has 3 aromatic carbocycles. The third-order valence-corrected chi connectivity index (χ3v) is 8.59. The summed E-state index contributed by atoms with van der Waals surface area (Å²) in [6.07, 6.45) is 3.45. The molecule has 2 amide bonds. The second-order valence-electron chi connectivity index (χ2n) is 12.6. The highest BCUT2D eigenvalue weighted by molar-refractivity contribution is 5.93. The number of hydrogen-bond acceptors (Lipinski definition) is 6. The second kappa shape index (κ2) is 16.9. The molecule has 1 fully saturated rings.